The molecule has 1 aliphatic rings. The number of ether oxygens (including phenoxy) is 2. The van der Waals surface area contributed by atoms with Crippen molar-refractivity contribution in [1.29, 1.82) is 0 Å². The largest absolute Gasteiger partial charge is 0.488 e. The van der Waals surface area contributed by atoms with Gasteiger partial charge in [-0.15, -0.1) is 0 Å². The van der Waals surface area contributed by atoms with Crippen LogP contribution in [0.25, 0.3) is 0 Å². The fourth-order valence-corrected chi connectivity index (χ4v) is 3.71. The Morgan fingerprint density at radius 1 is 1.07 bits per heavy atom. The zero-order valence-electron chi connectivity index (χ0n) is 17.1. The molecule has 5 heteroatoms. The highest BCUT2D eigenvalue weighted by atomic mass is 16.5. The zero-order chi connectivity index (χ0) is 20.6. The van der Waals surface area contributed by atoms with E-state index in [-0.39, 0.29) is 18.6 Å². The Kier molecular flexibility index (Phi) is 7.28. The summed E-state index contributed by atoms with van der Waals surface area (Å²) in [5.41, 5.74) is 2.49. The molecular formula is C24H29NO4. The number of para-hydroxylation sites is 1. The SMILES string of the molecule is Cc1cccc(COc2ccccc2C(=O)OCC(=O)N[C@@H]2CCCC[C@H]2C)c1. The first-order valence-electron chi connectivity index (χ1n) is 10.3. The van der Waals surface area contributed by atoms with E-state index in [0.29, 0.717) is 23.8 Å². The van der Waals surface area contributed by atoms with Gasteiger partial charge in [-0.05, 0) is 43.4 Å². The van der Waals surface area contributed by atoms with E-state index in [9.17, 15) is 9.59 Å². The second-order valence-electron chi connectivity index (χ2n) is 7.79. The van der Waals surface area contributed by atoms with Gasteiger partial charge in [0.25, 0.3) is 5.91 Å². The van der Waals surface area contributed by atoms with Gasteiger partial charge in [0.1, 0.15) is 17.9 Å². The molecule has 1 amide bonds. The fraction of sp³-hybridized carbons (Fsp3) is 0.417. The Bertz CT molecular complexity index is 848. The van der Waals surface area contributed by atoms with Crippen LogP contribution in [-0.4, -0.2) is 24.5 Å². The molecule has 0 aromatic heterocycles. The van der Waals surface area contributed by atoms with E-state index < -0.39 is 5.97 Å². The molecule has 3 rings (SSSR count). The van der Waals surface area contributed by atoms with Crippen molar-refractivity contribution >= 4 is 11.9 Å². The van der Waals surface area contributed by atoms with Crippen molar-refractivity contribution in [1.82, 2.24) is 5.32 Å². The first kappa shape index (κ1) is 20.9. The van der Waals surface area contributed by atoms with Crippen LogP contribution < -0.4 is 10.1 Å². The van der Waals surface area contributed by atoms with Gasteiger partial charge in [-0.2, -0.15) is 0 Å². The van der Waals surface area contributed by atoms with E-state index in [4.69, 9.17) is 9.47 Å². The number of amides is 1. The molecule has 0 bridgehead atoms. The summed E-state index contributed by atoms with van der Waals surface area (Å²) in [7, 11) is 0. The first-order chi connectivity index (χ1) is 14.0. The lowest BCUT2D eigenvalue weighted by Crippen LogP contribution is -2.42. The van der Waals surface area contributed by atoms with E-state index in [0.717, 1.165) is 30.4 Å². The highest BCUT2D eigenvalue weighted by molar-refractivity contribution is 5.94. The van der Waals surface area contributed by atoms with Crippen LogP contribution in [0.15, 0.2) is 48.5 Å². The van der Waals surface area contributed by atoms with E-state index in [1.165, 1.54) is 6.42 Å². The van der Waals surface area contributed by atoms with Gasteiger partial charge in [-0.3, -0.25) is 4.79 Å². The molecule has 2 atom stereocenters. The van der Waals surface area contributed by atoms with Gasteiger partial charge in [0, 0.05) is 6.04 Å². The van der Waals surface area contributed by atoms with Crippen molar-refractivity contribution in [2.45, 2.75) is 52.2 Å². The fourth-order valence-electron chi connectivity index (χ4n) is 3.71. The molecule has 0 radical (unpaired) electrons. The minimum Gasteiger partial charge on any atom is -0.488 e. The number of nitrogens with one attached hydrogen (secondary N) is 1. The maximum Gasteiger partial charge on any atom is 0.342 e. The highest BCUT2D eigenvalue weighted by Gasteiger charge is 2.23. The number of aryl methyl sites for hydroxylation is 1. The summed E-state index contributed by atoms with van der Waals surface area (Å²) in [6, 6.07) is 15.1. The van der Waals surface area contributed by atoms with Crippen LogP contribution in [0.3, 0.4) is 0 Å². The second kappa shape index (κ2) is 10.1. The van der Waals surface area contributed by atoms with Gasteiger partial charge in [-0.1, -0.05) is 61.7 Å². The smallest absolute Gasteiger partial charge is 0.342 e. The third-order valence-electron chi connectivity index (χ3n) is 5.38. The predicted molar refractivity (Wildman–Crippen MR) is 112 cm³/mol. The topological polar surface area (TPSA) is 64.6 Å². The van der Waals surface area contributed by atoms with Gasteiger partial charge < -0.3 is 14.8 Å². The zero-order valence-corrected chi connectivity index (χ0v) is 17.1. The third-order valence-corrected chi connectivity index (χ3v) is 5.38. The number of hydrogen-bond donors (Lipinski definition) is 1. The average Bonchev–Trinajstić information content (AvgIpc) is 2.72. The summed E-state index contributed by atoms with van der Waals surface area (Å²) in [4.78, 5) is 24.7. The summed E-state index contributed by atoms with van der Waals surface area (Å²) in [5, 5.41) is 2.99. The normalized spacial score (nSPS) is 18.7. The van der Waals surface area contributed by atoms with Crippen molar-refractivity contribution < 1.29 is 19.1 Å². The number of carbonyl (C=O) groups is 2. The molecule has 0 spiro atoms. The summed E-state index contributed by atoms with van der Waals surface area (Å²) >= 11 is 0. The molecule has 2 aromatic carbocycles. The van der Waals surface area contributed by atoms with Crippen molar-refractivity contribution in [3.8, 4) is 5.75 Å². The second-order valence-corrected chi connectivity index (χ2v) is 7.79. The van der Waals surface area contributed by atoms with E-state index in [1.807, 2.05) is 31.2 Å². The van der Waals surface area contributed by atoms with Crippen molar-refractivity contribution in [2.24, 2.45) is 5.92 Å². The summed E-state index contributed by atoms with van der Waals surface area (Å²) in [5.74, 6) is 0.0893. The Labute approximate surface area is 172 Å². The summed E-state index contributed by atoms with van der Waals surface area (Å²) in [6.45, 7) is 4.24. The van der Waals surface area contributed by atoms with Crippen molar-refractivity contribution in [3.05, 3.63) is 65.2 Å². The van der Waals surface area contributed by atoms with Crippen LogP contribution in [0.4, 0.5) is 0 Å². The maximum absolute atomic E-state index is 12.5. The molecule has 0 saturated heterocycles. The predicted octanol–water partition coefficient (Wildman–Crippen LogP) is 4.43. The average molecular weight is 395 g/mol. The number of rotatable bonds is 7. The molecular weight excluding hydrogens is 366 g/mol. The van der Waals surface area contributed by atoms with Crippen LogP contribution in [0, 0.1) is 12.8 Å². The minimum absolute atomic E-state index is 0.167. The summed E-state index contributed by atoms with van der Waals surface area (Å²) in [6.07, 6.45) is 4.44. The lowest BCUT2D eigenvalue weighted by molar-refractivity contribution is -0.125. The van der Waals surface area contributed by atoms with Gasteiger partial charge in [0.2, 0.25) is 0 Å². The Hall–Kier alpha value is -2.82. The Morgan fingerprint density at radius 3 is 2.66 bits per heavy atom. The van der Waals surface area contributed by atoms with Crippen LogP contribution in [0.1, 0.15) is 54.1 Å². The Morgan fingerprint density at radius 2 is 1.86 bits per heavy atom. The summed E-state index contributed by atoms with van der Waals surface area (Å²) < 4.78 is 11.1. The lowest BCUT2D eigenvalue weighted by Gasteiger charge is -2.29. The van der Waals surface area contributed by atoms with Crippen molar-refractivity contribution in [3.63, 3.8) is 0 Å². The highest BCUT2D eigenvalue weighted by Crippen LogP contribution is 2.24. The molecule has 2 aromatic rings. The molecule has 0 unspecified atom stereocenters. The number of hydrogen-bond acceptors (Lipinski definition) is 4. The lowest BCUT2D eigenvalue weighted by atomic mass is 9.86. The molecule has 1 fully saturated rings. The molecule has 1 N–H and O–H groups in total. The quantitative estimate of drug-likeness (QED) is 0.705. The first-order valence-corrected chi connectivity index (χ1v) is 10.3. The van der Waals surface area contributed by atoms with Crippen LogP contribution >= 0.6 is 0 Å². The standard InChI is InChI=1S/C24H29NO4/c1-17-8-7-10-19(14-17)15-28-22-13-6-4-11-20(22)24(27)29-16-23(26)25-21-12-5-3-9-18(21)2/h4,6-8,10-11,13-14,18,21H,3,5,9,12,15-16H2,1-2H3,(H,25,26)/t18-,21-/m1/s1. The van der Waals surface area contributed by atoms with Crippen LogP contribution in [-0.2, 0) is 16.1 Å². The van der Waals surface area contributed by atoms with E-state index in [1.54, 1.807) is 24.3 Å². The monoisotopic (exact) mass is 395 g/mol. The van der Waals surface area contributed by atoms with Crippen molar-refractivity contribution in [2.75, 3.05) is 6.61 Å². The van der Waals surface area contributed by atoms with E-state index >= 15 is 0 Å². The minimum atomic E-state index is -0.559. The van der Waals surface area contributed by atoms with E-state index in [2.05, 4.69) is 12.2 Å². The van der Waals surface area contributed by atoms with Crippen LogP contribution in [0.2, 0.25) is 0 Å². The molecule has 5 nitrogen and oxygen atoms in total. The number of carbonyl (C=O) groups excluding carboxylic acids is 2. The van der Waals surface area contributed by atoms with Gasteiger partial charge in [0.05, 0.1) is 0 Å². The Balaban J connectivity index is 1.54. The van der Waals surface area contributed by atoms with Crippen LogP contribution in [0.5, 0.6) is 5.75 Å². The molecule has 0 heterocycles. The van der Waals surface area contributed by atoms with Gasteiger partial charge in [0.15, 0.2) is 6.61 Å². The number of esters is 1. The van der Waals surface area contributed by atoms with Gasteiger partial charge in [-0.25, -0.2) is 4.79 Å². The third kappa shape index (κ3) is 6.08. The molecule has 1 saturated carbocycles. The number of benzene rings is 2. The van der Waals surface area contributed by atoms with Gasteiger partial charge >= 0.3 is 5.97 Å². The molecule has 154 valence electrons. The molecule has 1 aliphatic carbocycles. The molecule has 29 heavy (non-hydrogen) atoms. The molecule has 0 aliphatic heterocycles. The maximum atomic E-state index is 12.5.